The molecule has 2 aromatic carbocycles. The van der Waals surface area contributed by atoms with Crippen LogP contribution in [0.2, 0.25) is 0 Å². The molecule has 1 aliphatic rings. The Balaban J connectivity index is 1.78. The first-order valence-electron chi connectivity index (χ1n) is 10.2. The Labute approximate surface area is 188 Å². The third kappa shape index (κ3) is 5.32. The molecule has 0 radical (unpaired) electrons. The van der Waals surface area contributed by atoms with Crippen LogP contribution < -0.4 is 19.5 Å². The smallest absolute Gasteiger partial charge is 0.251 e. The number of sulfonamides is 1. The van der Waals surface area contributed by atoms with Crippen molar-refractivity contribution in [1.82, 2.24) is 9.62 Å². The van der Waals surface area contributed by atoms with E-state index in [1.54, 1.807) is 19.2 Å². The first-order chi connectivity index (χ1) is 15.4. The molecule has 0 aliphatic carbocycles. The second kappa shape index (κ2) is 10.7. The first-order valence-corrected chi connectivity index (χ1v) is 11.7. The number of benzene rings is 2. The quantitative estimate of drug-likeness (QED) is 0.606. The molecule has 0 bridgehead atoms. The van der Waals surface area contributed by atoms with Gasteiger partial charge in [-0.25, -0.2) is 8.42 Å². The number of hydrogen-bond acceptors (Lipinski definition) is 7. The highest BCUT2D eigenvalue weighted by atomic mass is 32.2. The number of morpholine rings is 1. The molecule has 174 valence electrons. The van der Waals surface area contributed by atoms with Crippen molar-refractivity contribution in [2.45, 2.75) is 18.4 Å². The monoisotopic (exact) mass is 464 g/mol. The molecule has 1 fully saturated rings. The van der Waals surface area contributed by atoms with Crippen LogP contribution in [0.15, 0.2) is 41.3 Å². The standard InChI is InChI=1S/C22H28N2O7S/c1-4-31-18-7-5-16(13-20(18)29-3)15-23-22(25)17-6-8-19(28-2)21(14-17)32(26,27)24-9-11-30-12-10-24/h5-8,13-14H,4,9-12,15H2,1-3H3,(H,23,25). The third-order valence-electron chi connectivity index (χ3n) is 4.99. The number of ether oxygens (including phenoxy) is 4. The molecule has 1 heterocycles. The van der Waals surface area contributed by atoms with Gasteiger partial charge in [0.2, 0.25) is 10.0 Å². The summed E-state index contributed by atoms with van der Waals surface area (Å²) in [7, 11) is -0.884. The van der Waals surface area contributed by atoms with Gasteiger partial charge in [0, 0.05) is 25.2 Å². The minimum atomic E-state index is -3.83. The second-order valence-electron chi connectivity index (χ2n) is 6.98. The van der Waals surface area contributed by atoms with E-state index in [-0.39, 0.29) is 35.8 Å². The largest absolute Gasteiger partial charge is 0.495 e. The van der Waals surface area contributed by atoms with E-state index < -0.39 is 15.9 Å². The Morgan fingerprint density at radius 3 is 2.38 bits per heavy atom. The lowest BCUT2D eigenvalue weighted by molar-refractivity contribution is 0.0729. The van der Waals surface area contributed by atoms with Crippen LogP contribution in [0.1, 0.15) is 22.8 Å². The Kier molecular flexibility index (Phi) is 7.94. The number of carbonyl (C=O) groups excluding carboxylic acids is 1. The lowest BCUT2D eigenvalue weighted by Crippen LogP contribution is -2.40. The van der Waals surface area contributed by atoms with Crippen molar-refractivity contribution in [2.24, 2.45) is 0 Å². The minimum Gasteiger partial charge on any atom is -0.495 e. The average molecular weight is 465 g/mol. The molecule has 2 aromatic rings. The van der Waals surface area contributed by atoms with Crippen molar-refractivity contribution < 1.29 is 32.2 Å². The summed E-state index contributed by atoms with van der Waals surface area (Å²) >= 11 is 0. The van der Waals surface area contributed by atoms with Gasteiger partial charge in [-0.05, 0) is 42.8 Å². The molecule has 10 heteroatoms. The fourth-order valence-electron chi connectivity index (χ4n) is 3.33. The molecular formula is C22H28N2O7S. The van der Waals surface area contributed by atoms with Crippen LogP contribution in [0.25, 0.3) is 0 Å². The second-order valence-corrected chi connectivity index (χ2v) is 8.89. The molecule has 0 atom stereocenters. The molecule has 0 saturated carbocycles. The van der Waals surface area contributed by atoms with Gasteiger partial charge < -0.3 is 24.3 Å². The van der Waals surface area contributed by atoms with Crippen LogP contribution in [0.5, 0.6) is 17.2 Å². The van der Waals surface area contributed by atoms with Crippen molar-refractivity contribution in [3.8, 4) is 17.2 Å². The number of carbonyl (C=O) groups is 1. The van der Waals surface area contributed by atoms with E-state index in [4.69, 9.17) is 18.9 Å². The van der Waals surface area contributed by atoms with Crippen molar-refractivity contribution in [3.63, 3.8) is 0 Å². The van der Waals surface area contributed by atoms with Crippen molar-refractivity contribution in [3.05, 3.63) is 47.5 Å². The maximum absolute atomic E-state index is 13.1. The maximum atomic E-state index is 13.1. The summed E-state index contributed by atoms with van der Waals surface area (Å²) in [5.41, 5.74) is 1.03. The number of rotatable bonds is 9. The fraction of sp³-hybridized carbons (Fsp3) is 0.409. The summed E-state index contributed by atoms with van der Waals surface area (Å²) in [6.45, 7) is 3.79. The summed E-state index contributed by atoms with van der Waals surface area (Å²) in [6, 6.07) is 9.76. The highest BCUT2D eigenvalue weighted by Gasteiger charge is 2.30. The Hall–Kier alpha value is -2.82. The summed E-state index contributed by atoms with van der Waals surface area (Å²) in [5.74, 6) is 0.975. The number of nitrogens with one attached hydrogen (secondary N) is 1. The van der Waals surface area contributed by atoms with E-state index in [9.17, 15) is 13.2 Å². The molecule has 1 N–H and O–H groups in total. The lowest BCUT2D eigenvalue weighted by Gasteiger charge is -2.26. The summed E-state index contributed by atoms with van der Waals surface area (Å²) < 4.78 is 48.9. The Morgan fingerprint density at radius 2 is 1.72 bits per heavy atom. The Bertz CT molecular complexity index is 1050. The number of nitrogens with zero attached hydrogens (tertiary/aromatic N) is 1. The van der Waals surface area contributed by atoms with Crippen LogP contribution in [0, 0.1) is 0 Å². The highest BCUT2D eigenvalue weighted by molar-refractivity contribution is 7.89. The van der Waals surface area contributed by atoms with E-state index >= 15 is 0 Å². The molecule has 9 nitrogen and oxygen atoms in total. The summed E-state index contributed by atoms with van der Waals surface area (Å²) in [4.78, 5) is 12.7. The molecule has 3 rings (SSSR count). The van der Waals surface area contributed by atoms with Crippen molar-refractivity contribution in [2.75, 3.05) is 47.1 Å². The van der Waals surface area contributed by atoms with Gasteiger partial charge in [0.05, 0.1) is 34.0 Å². The minimum absolute atomic E-state index is 0.0442. The zero-order valence-corrected chi connectivity index (χ0v) is 19.2. The molecular weight excluding hydrogens is 436 g/mol. The normalized spacial score (nSPS) is 14.6. The molecule has 0 aromatic heterocycles. The first kappa shape index (κ1) is 23.8. The van der Waals surface area contributed by atoms with Crippen LogP contribution in [0.3, 0.4) is 0 Å². The van der Waals surface area contributed by atoms with Gasteiger partial charge in [0.1, 0.15) is 10.6 Å². The number of hydrogen-bond donors (Lipinski definition) is 1. The van der Waals surface area contributed by atoms with Gasteiger partial charge in [-0.3, -0.25) is 4.79 Å². The van der Waals surface area contributed by atoms with E-state index in [2.05, 4.69) is 5.32 Å². The molecule has 0 unspecified atom stereocenters. The lowest BCUT2D eigenvalue weighted by atomic mass is 10.1. The number of amides is 1. The van der Waals surface area contributed by atoms with E-state index in [0.29, 0.717) is 31.3 Å². The molecule has 0 spiro atoms. The Morgan fingerprint density at radius 1 is 1.03 bits per heavy atom. The highest BCUT2D eigenvalue weighted by Crippen LogP contribution is 2.29. The third-order valence-corrected chi connectivity index (χ3v) is 6.91. The van der Waals surface area contributed by atoms with Crippen molar-refractivity contribution in [1.29, 1.82) is 0 Å². The molecule has 1 saturated heterocycles. The fourth-order valence-corrected chi connectivity index (χ4v) is 4.92. The topological polar surface area (TPSA) is 103 Å². The summed E-state index contributed by atoms with van der Waals surface area (Å²) in [6.07, 6.45) is 0. The predicted molar refractivity (Wildman–Crippen MR) is 118 cm³/mol. The summed E-state index contributed by atoms with van der Waals surface area (Å²) in [5, 5.41) is 2.81. The van der Waals surface area contributed by atoms with Gasteiger partial charge in [0.15, 0.2) is 11.5 Å². The van der Waals surface area contributed by atoms with E-state index in [0.717, 1.165) is 5.56 Å². The van der Waals surface area contributed by atoms with Gasteiger partial charge in [0.25, 0.3) is 5.91 Å². The van der Waals surface area contributed by atoms with Crippen LogP contribution in [0.4, 0.5) is 0 Å². The zero-order chi connectivity index (χ0) is 23.1. The van der Waals surface area contributed by atoms with Crippen LogP contribution >= 0.6 is 0 Å². The van der Waals surface area contributed by atoms with Gasteiger partial charge >= 0.3 is 0 Å². The van der Waals surface area contributed by atoms with Crippen LogP contribution in [-0.2, 0) is 21.3 Å². The molecule has 1 amide bonds. The SMILES string of the molecule is CCOc1ccc(CNC(=O)c2ccc(OC)c(S(=O)(=O)N3CCOCC3)c2)cc1OC. The molecule has 1 aliphatic heterocycles. The van der Waals surface area contributed by atoms with Crippen molar-refractivity contribution >= 4 is 15.9 Å². The van der Waals surface area contributed by atoms with E-state index in [1.165, 1.54) is 29.6 Å². The zero-order valence-electron chi connectivity index (χ0n) is 18.4. The molecule has 32 heavy (non-hydrogen) atoms. The van der Waals surface area contributed by atoms with Gasteiger partial charge in [-0.1, -0.05) is 6.07 Å². The van der Waals surface area contributed by atoms with E-state index in [1.807, 2.05) is 13.0 Å². The predicted octanol–water partition coefficient (Wildman–Crippen LogP) is 2.05. The average Bonchev–Trinajstić information content (AvgIpc) is 2.83. The van der Waals surface area contributed by atoms with Gasteiger partial charge in [-0.15, -0.1) is 0 Å². The number of methoxy groups -OCH3 is 2. The van der Waals surface area contributed by atoms with Gasteiger partial charge in [-0.2, -0.15) is 4.31 Å². The maximum Gasteiger partial charge on any atom is 0.251 e. The van der Waals surface area contributed by atoms with Crippen LogP contribution in [-0.4, -0.2) is 65.8 Å².